The van der Waals surface area contributed by atoms with E-state index in [0.717, 1.165) is 10.0 Å². The molecule has 0 radical (unpaired) electrons. The third-order valence-electron chi connectivity index (χ3n) is 5.07. The minimum Gasteiger partial charge on any atom is -0.483 e. The van der Waals surface area contributed by atoms with E-state index in [1.54, 1.807) is 19.1 Å². The summed E-state index contributed by atoms with van der Waals surface area (Å²) >= 11 is 9.64. The highest BCUT2D eigenvalue weighted by atomic mass is 79.9. The van der Waals surface area contributed by atoms with Crippen LogP contribution < -0.4 is 10.1 Å². The molecule has 7 heteroatoms. The standard InChI is InChI=1S/C25H32BrClN2O3/c1-16(2)13-28-25(31)18(5)29(14-19-7-6-8-21(27)11-19)24(30)15-32-23-10-9-20(17(3)4)12-22(23)26/h6-12,16-18H,13-15H2,1-5H3,(H,28,31)/t18-/m0/s1. The molecular weight excluding hydrogens is 492 g/mol. The Morgan fingerprint density at radius 3 is 2.41 bits per heavy atom. The van der Waals surface area contributed by atoms with Gasteiger partial charge >= 0.3 is 0 Å². The number of ether oxygens (including phenoxy) is 1. The van der Waals surface area contributed by atoms with Crippen LogP contribution in [0, 0.1) is 5.92 Å². The molecule has 2 aromatic rings. The first kappa shape index (κ1) is 26.2. The van der Waals surface area contributed by atoms with Crippen molar-refractivity contribution in [1.29, 1.82) is 0 Å². The van der Waals surface area contributed by atoms with Gasteiger partial charge in [0.05, 0.1) is 4.47 Å². The van der Waals surface area contributed by atoms with Crippen molar-refractivity contribution in [3.05, 3.63) is 63.1 Å². The molecule has 0 heterocycles. The monoisotopic (exact) mass is 522 g/mol. The van der Waals surface area contributed by atoms with Gasteiger partial charge in [-0.3, -0.25) is 9.59 Å². The molecule has 5 nitrogen and oxygen atoms in total. The van der Waals surface area contributed by atoms with E-state index < -0.39 is 6.04 Å². The Balaban J connectivity index is 2.16. The van der Waals surface area contributed by atoms with Crippen LogP contribution in [0.4, 0.5) is 0 Å². The van der Waals surface area contributed by atoms with E-state index in [0.29, 0.717) is 29.2 Å². The van der Waals surface area contributed by atoms with Crippen molar-refractivity contribution in [3.63, 3.8) is 0 Å². The molecule has 0 aliphatic carbocycles. The highest BCUT2D eigenvalue weighted by Crippen LogP contribution is 2.29. The second kappa shape index (κ2) is 12.3. The van der Waals surface area contributed by atoms with Gasteiger partial charge in [0.25, 0.3) is 5.91 Å². The summed E-state index contributed by atoms with van der Waals surface area (Å²) in [4.78, 5) is 27.4. The number of hydrogen-bond donors (Lipinski definition) is 1. The van der Waals surface area contributed by atoms with Gasteiger partial charge in [0.2, 0.25) is 5.91 Å². The molecule has 174 valence electrons. The summed E-state index contributed by atoms with van der Waals surface area (Å²) in [7, 11) is 0. The Morgan fingerprint density at radius 2 is 1.81 bits per heavy atom. The maximum atomic E-state index is 13.1. The highest BCUT2D eigenvalue weighted by molar-refractivity contribution is 9.10. The minimum atomic E-state index is -0.657. The first-order valence-corrected chi connectivity index (χ1v) is 12.0. The van der Waals surface area contributed by atoms with Gasteiger partial charge in [0, 0.05) is 18.1 Å². The number of amides is 2. The van der Waals surface area contributed by atoms with Crippen molar-refractivity contribution in [2.45, 2.75) is 53.1 Å². The van der Waals surface area contributed by atoms with Crippen LogP contribution in [0.5, 0.6) is 5.75 Å². The fraction of sp³-hybridized carbons (Fsp3) is 0.440. The van der Waals surface area contributed by atoms with Gasteiger partial charge < -0.3 is 15.0 Å². The van der Waals surface area contributed by atoms with E-state index in [9.17, 15) is 9.59 Å². The van der Waals surface area contributed by atoms with E-state index in [1.165, 1.54) is 10.5 Å². The van der Waals surface area contributed by atoms with Crippen LogP contribution in [0.1, 0.15) is 51.7 Å². The molecule has 0 aliphatic heterocycles. The van der Waals surface area contributed by atoms with Crippen molar-refractivity contribution in [3.8, 4) is 5.75 Å². The number of rotatable bonds is 10. The summed E-state index contributed by atoms with van der Waals surface area (Å²) in [6, 6.07) is 12.5. The molecule has 0 aliphatic rings. The van der Waals surface area contributed by atoms with Crippen LogP contribution in [0.3, 0.4) is 0 Å². The number of nitrogens with one attached hydrogen (secondary N) is 1. The molecule has 0 saturated carbocycles. The summed E-state index contributed by atoms with van der Waals surface area (Å²) in [6.07, 6.45) is 0. The lowest BCUT2D eigenvalue weighted by Crippen LogP contribution is -2.49. The van der Waals surface area contributed by atoms with Gasteiger partial charge in [0.1, 0.15) is 11.8 Å². The predicted octanol–water partition coefficient (Wildman–Crippen LogP) is 5.79. The number of carbonyl (C=O) groups excluding carboxylic acids is 2. The molecule has 2 aromatic carbocycles. The summed E-state index contributed by atoms with van der Waals surface area (Å²) in [5.74, 6) is 0.814. The van der Waals surface area contributed by atoms with Crippen molar-refractivity contribution in [2.75, 3.05) is 13.2 Å². The first-order chi connectivity index (χ1) is 15.1. The average molecular weight is 524 g/mol. The largest absolute Gasteiger partial charge is 0.483 e. The lowest BCUT2D eigenvalue weighted by molar-refractivity contribution is -0.142. The van der Waals surface area contributed by atoms with Crippen molar-refractivity contribution >= 4 is 39.3 Å². The quantitative estimate of drug-likeness (QED) is 0.428. The summed E-state index contributed by atoms with van der Waals surface area (Å²) in [5.41, 5.74) is 2.02. The number of carbonyl (C=O) groups is 2. The predicted molar refractivity (Wildman–Crippen MR) is 133 cm³/mol. The van der Waals surface area contributed by atoms with Gasteiger partial charge in [-0.15, -0.1) is 0 Å². The van der Waals surface area contributed by atoms with Crippen LogP contribution in [0.25, 0.3) is 0 Å². The molecule has 0 saturated heterocycles. The van der Waals surface area contributed by atoms with Crippen LogP contribution in [-0.4, -0.2) is 35.9 Å². The topological polar surface area (TPSA) is 58.6 Å². The second-order valence-electron chi connectivity index (χ2n) is 8.60. The van der Waals surface area contributed by atoms with E-state index in [1.807, 2.05) is 44.2 Å². The average Bonchev–Trinajstić information content (AvgIpc) is 2.74. The van der Waals surface area contributed by atoms with Crippen LogP contribution in [0.15, 0.2) is 46.9 Å². The fourth-order valence-electron chi connectivity index (χ4n) is 3.08. The first-order valence-electron chi connectivity index (χ1n) is 10.8. The maximum Gasteiger partial charge on any atom is 0.261 e. The lowest BCUT2D eigenvalue weighted by atomic mass is 10.0. The number of hydrogen-bond acceptors (Lipinski definition) is 3. The molecule has 1 N–H and O–H groups in total. The second-order valence-corrected chi connectivity index (χ2v) is 9.89. The highest BCUT2D eigenvalue weighted by Gasteiger charge is 2.26. The van der Waals surface area contributed by atoms with E-state index in [4.69, 9.17) is 16.3 Å². The molecule has 0 bridgehead atoms. The molecule has 0 unspecified atom stereocenters. The fourth-order valence-corrected chi connectivity index (χ4v) is 3.81. The van der Waals surface area contributed by atoms with Gasteiger partial charge in [-0.1, -0.05) is 57.5 Å². The van der Waals surface area contributed by atoms with Gasteiger partial charge in [0.15, 0.2) is 6.61 Å². The zero-order chi connectivity index (χ0) is 23.8. The van der Waals surface area contributed by atoms with E-state index in [-0.39, 0.29) is 25.0 Å². The number of halogens is 2. The Morgan fingerprint density at radius 1 is 1.09 bits per heavy atom. The smallest absolute Gasteiger partial charge is 0.261 e. The Bertz CT molecular complexity index is 933. The third-order valence-corrected chi connectivity index (χ3v) is 5.92. The lowest BCUT2D eigenvalue weighted by Gasteiger charge is -2.29. The Labute approximate surface area is 204 Å². The molecular formula is C25H32BrClN2O3. The normalized spacial score (nSPS) is 12.0. The minimum absolute atomic E-state index is 0.179. The van der Waals surface area contributed by atoms with Crippen molar-refractivity contribution < 1.29 is 14.3 Å². The third kappa shape index (κ3) is 7.82. The SMILES string of the molecule is CC(C)CNC(=O)[C@H](C)N(Cc1cccc(Cl)c1)C(=O)COc1ccc(C(C)C)cc1Br. The van der Waals surface area contributed by atoms with Crippen molar-refractivity contribution in [1.82, 2.24) is 10.2 Å². The summed E-state index contributed by atoms with van der Waals surface area (Å²) < 4.78 is 6.60. The Hall–Kier alpha value is -2.05. The molecule has 32 heavy (non-hydrogen) atoms. The maximum absolute atomic E-state index is 13.1. The zero-order valence-corrected chi connectivity index (χ0v) is 21.7. The van der Waals surface area contributed by atoms with Gasteiger partial charge in [-0.05, 0) is 70.1 Å². The summed E-state index contributed by atoms with van der Waals surface area (Å²) in [6.45, 7) is 10.6. The van der Waals surface area contributed by atoms with E-state index >= 15 is 0 Å². The van der Waals surface area contributed by atoms with Crippen LogP contribution >= 0.6 is 27.5 Å². The Kier molecular flexibility index (Phi) is 10.0. The van der Waals surface area contributed by atoms with Crippen LogP contribution in [-0.2, 0) is 16.1 Å². The van der Waals surface area contributed by atoms with Crippen LogP contribution in [0.2, 0.25) is 5.02 Å². The molecule has 2 amide bonds. The van der Waals surface area contributed by atoms with Crippen molar-refractivity contribution in [2.24, 2.45) is 5.92 Å². The molecule has 0 aromatic heterocycles. The van der Waals surface area contributed by atoms with E-state index in [2.05, 4.69) is 35.1 Å². The molecule has 0 spiro atoms. The zero-order valence-electron chi connectivity index (χ0n) is 19.3. The van der Waals surface area contributed by atoms with Gasteiger partial charge in [-0.2, -0.15) is 0 Å². The molecule has 2 rings (SSSR count). The molecule has 0 fully saturated rings. The number of benzene rings is 2. The molecule has 1 atom stereocenters. The number of nitrogens with zero attached hydrogens (tertiary/aromatic N) is 1. The van der Waals surface area contributed by atoms with Gasteiger partial charge in [-0.25, -0.2) is 0 Å². The summed E-state index contributed by atoms with van der Waals surface area (Å²) in [5, 5.41) is 3.49.